The molecule has 13 heavy (non-hydrogen) atoms. The van der Waals surface area contributed by atoms with Crippen molar-refractivity contribution in [2.45, 2.75) is 31.6 Å². The topological polar surface area (TPSA) is 0 Å². The third-order valence-electron chi connectivity index (χ3n) is 1.79. The summed E-state index contributed by atoms with van der Waals surface area (Å²) in [7, 11) is 0. The van der Waals surface area contributed by atoms with E-state index in [0.29, 0.717) is 10.4 Å². The van der Waals surface area contributed by atoms with Crippen LogP contribution in [-0.4, -0.2) is 10.2 Å². The average molecular weight is 286 g/mol. The average Bonchev–Trinajstić information content (AvgIpc) is 2.03. The van der Waals surface area contributed by atoms with Gasteiger partial charge in [-0.1, -0.05) is 45.8 Å². The van der Waals surface area contributed by atoms with Crippen LogP contribution in [0, 0.1) is 0 Å². The highest BCUT2D eigenvalue weighted by molar-refractivity contribution is 9.09. The van der Waals surface area contributed by atoms with Crippen LogP contribution in [0.1, 0.15) is 26.7 Å². The quantitative estimate of drug-likeness (QED) is 0.500. The molecule has 0 saturated heterocycles. The van der Waals surface area contributed by atoms with E-state index in [-0.39, 0.29) is 0 Å². The second-order valence-electron chi connectivity index (χ2n) is 3.32. The van der Waals surface area contributed by atoms with Crippen molar-refractivity contribution in [3.63, 3.8) is 0 Å². The molecule has 0 spiro atoms. The van der Waals surface area contributed by atoms with Gasteiger partial charge in [0.2, 0.25) is 0 Å². The molecule has 3 heteroatoms. The van der Waals surface area contributed by atoms with Crippen molar-refractivity contribution in [3.8, 4) is 0 Å². The first-order valence-corrected chi connectivity index (χ1v) is 6.03. The summed E-state index contributed by atoms with van der Waals surface area (Å²) in [6.45, 7) is 7.82. The lowest BCUT2D eigenvalue weighted by Gasteiger charge is -2.22. The Bertz CT molecular complexity index is 207. The first-order valence-electron chi connectivity index (χ1n) is 4.15. The van der Waals surface area contributed by atoms with Crippen molar-refractivity contribution in [3.05, 3.63) is 23.3 Å². The van der Waals surface area contributed by atoms with E-state index in [9.17, 15) is 0 Å². The molecule has 0 amide bonds. The second-order valence-corrected chi connectivity index (χ2v) is 5.06. The van der Waals surface area contributed by atoms with Gasteiger partial charge in [-0.2, -0.15) is 0 Å². The van der Waals surface area contributed by atoms with Crippen molar-refractivity contribution in [1.82, 2.24) is 0 Å². The standard InChI is InChI=1S/C10H15BrCl2/c1-8(2)5-4-6-10(13,7-11)9(3)12/h5H,3-4,6-7H2,1-2H3/t10-/m0/s1. The number of hydrogen-bond acceptors (Lipinski definition) is 0. The summed E-state index contributed by atoms with van der Waals surface area (Å²) in [5.41, 5.74) is 1.30. The van der Waals surface area contributed by atoms with E-state index in [0.717, 1.165) is 12.8 Å². The number of allylic oxidation sites excluding steroid dienone is 3. The SMILES string of the molecule is C=C(Cl)[C@@](Cl)(CBr)CCC=C(C)C. The lowest BCUT2D eigenvalue weighted by Crippen LogP contribution is -2.23. The van der Waals surface area contributed by atoms with Crippen LogP contribution in [0.4, 0.5) is 0 Å². The summed E-state index contributed by atoms with van der Waals surface area (Å²) in [6, 6.07) is 0. The first-order chi connectivity index (χ1) is 5.92. The Hall–Kier alpha value is 0.540. The number of rotatable bonds is 5. The van der Waals surface area contributed by atoms with Crippen molar-refractivity contribution < 1.29 is 0 Å². The van der Waals surface area contributed by atoms with Crippen LogP contribution in [0.2, 0.25) is 0 Å². The molecule has 0 aliphatic rings. The van der Waals surface area contributed by atoms with Crippen molar-refractivity contribution in [2.24, 2.45) is 0 Å². The van der Waals surface area contributed by atoms with E-state index in [2.05, 4.69) is 42.4 Å². The van der Waals surface area contributed by atoms with Crippen LogP contribution in [0.5, 0.6) is 0 Å². The molecule has 1 atom stereocenters. The van der Waals surface area contributed by atoms with Crippen LogP contribution in [0.25, 0.3) is 0 Å². The van der Waals surface area contributed by atoms with Crippen molar-refractivity contribution in [2.75, 3.05) is 5.33 Å². The minimum atomic E-state index is -0.506. The van der Waals surface area contributed by atoms with Gasteiger partial charge in [0.15, 0.2) is 0 Å². The Labute approximate surface area is 99.1 Å². The second kappa shape index (κ2) is 6.10. The molecule has 76 valence electrons. The van der Waals surface area contributed by atoms with E-state index in [1.165, 1.54) is 5.57 Å². The molecule has 0 radical (unpaired) electrons. The molecular weight excluding hydrogens is 271 g/mol. The molecule has 0 aliphatic heterocycles. The van der Waals surface area contributed by atoms with Gasteiger partial charge in [0.1, 0.15) is 0 Å². The first kappa shape index (κ1) is 13.5. The lowest BCUT2D eigenvalue weighted by molar-refractivity contribution is 0.699. The summed E-state index contributed by atoms with van der Waals surface area (Å²) >= 11 is 15.4. The van der Waals surface area contributed by atoms with Gasteiger partial charge in [0, 0.05) is 10.4 Å². The van der Waals surface area contributed by atoms with E-state index in [1.807, 2.05) is 0 Å². The molecule has 0 bridgehead atoms. The van der Waals surface area contributed by atoms with Gasteiger partial charge < -0.3 is 0 Å². The Morgan fingerprint density at radius 3 is 2.38 bits per heavy atom. The smallest absolute Gasteiger partial charge is 0.0894 e. The molecular formula is C10H15BrCl2. The van der Waals surface area contributed by atoms with Gasteiger partial charge in [-0.3, -0.25) is 0 Å². The van der Waals surface area contributed by atoms with Crippen LogP contribution in [0.3, 0.4) is 0 Å². The molecule has 0 aromatic carbocycles. The van der Waals surface area contributed by atoms with E-state index < -0.39 is 4.87 Å². The normalized spacial score (nSPS) is 14.8. The number of halogens is 3. The maximum atomic E-state index is 6.23. The lowest BCUT2D eigenvalue weighted by atomic mass is 10.0. The highest BCUT2D eigenvalue weighted by atomic mass is 79.9. The van der Waals surface area contributed by atoms with Gasteiger partial charge in [-0.25, -0.2) is 0 Å². The molecule has 0 rings (SSSR count). The Morgan fingerprint density at radius 1 is 1.54 bits per heavy atom. The van der Waals surface area contributed by atoms with Gasteiger partial charge in [-0.05, 0) is 26.7 Å². The van der Waals surface area contributed by atoms with Crippen LogP contribution < -0.4 is 0 Å². The minimum absolute atomic E-state index is 0.506. The molecule has 0 aliphatic carbocycles. The fourth-order valence-electron chi connectivity index (χ4n) is 0.865. The molecule has 0 N–H and O–H groups in total. The summed E-state index contributed by atoms with van der Waals surface area (Å²) in [5, 5.41) is 1.15. The predicted molar refractivity (Wildman–Crippen MR) is 66.0 cm³/mol. The molecule has 0 nitrogen and oxygen atoms in total. The highest BCUT2D eigenvalue weighted by Crippen LogP contribution is 2.34. The fourth-order valence-corrected chi connectivity index (χ4v) is 1.92. The molecule has 0 aromatic heterocycles. The Kier molecular flexibility index (Phi) is 6.36. The third kappa shape index (κ3) is 5.09. The van der Waals surface area contributed by atoms with Crippen molar-refractivity contribution >= 4 is 39.1 Å². The molecule has 0 unspecified atom stereocenters. The molecule has 0 aromatic rings. The van der Waals surface area contributed by atoms with Gasteiger partial charge >= 0.3 is 0 Å². The van der Waals surface area contributed by atoms with Crippen molar-refractivity contribution in [1.29, 1.82) is 0 Å². The van der Waals surface area contributed by atoms with Gasteiger partial charge in [-0.15, -0.1) is 11.6 Å². The number of hydrogen-bond donors (Lipinski definition) is 0. The minimum Gasteiger partial charge on any atom is -0.112 e. The third-order valence-corrected chi connectivity index (χ3v) is 4.08. The molecule has 0 fully saturated rings. The summed E-state index contributed by atoms with van der Waals surface area (Å²) in [4.78, 5) is -0.506. The molecule has 0 saturated carbocycles. The van der Waals surface area contributed by atoms with E-state index >= 15 is 0 Å². The van der Waals surface area contributed by atoms with E-state index in [1.54, 1.807) is 0 Å². The zero-order valence-corrected chi connectivity index (χ0v) is 11.1. The number of alkyl halides is 2. The molecule has 0 heterocycles. The largest absolute Gasteiger partial charge is 0.112 e. The van der Waals surface area contributed by atoms with Crippen LogP contribution >= 0.6 is 39.1 Å². The summed E-state index contributed by atoms with van der Waals surface area (Å²) in [6.07, 6.45) is 3.90. The highest BCUT2D eigenvalue weighted by Gasteiger charge is 2.27. The van der Waals surface area contributed by atoms with Crippen LogP contribution in [-0.2, 0) is 0 Å². The van der Waals surface area contributed by atoms with Gasteiger partial charge in [0.05, 0.1) is 4.87 Å². The summed E-state index contributed by atoms with van der Waals surface area (Å²) < 4.78 is 0. The zero-order chi connectivity index (χ0) is 10.5. The predicted octanol–water partition coefficient (Wildman–Crippen LogP) is 4.86. The zero-order valence-electron chi connectivity index (χ0n) is 8.04. The Balaban J connectivity index is 4.14. The monoisotopic (exact) mass is 284 g/mol. The van der Waals surface area contributed by atoms with E-state index in [4.69, 9.17) is 23.2 Å². The van der Waals surface area contributed by atoms with Crippen LogP contribution in [0.15, 0.2) is 23.3 Å². The Morgan fingerprint density at radius 2 is 2.08 bits per heavy atom. The summed E-state index contributed by atoms with van der Waals surface area (Å²) in [5.74, 6) is 0. The van der Waals surface area contributed by atoms with Gasteiger partial charge in [0.25, 0.3) is 0 Å². The maximum absolute atomic E-state index is 6.23. The maximum Gasteiger partial charge on any atom is 0.0894 e. The fraction of sp³-hybridized carbons (Fsp3) is 0.600.